The van der Waals surface area contributed by atoms with Crippen molar-refractivity contribution in [2.24, 2.45) is 5.92 Å². The van der Waals surface area contributed by atoms with Gasteiger partial charge in [0.1, 0.15) is 5.54 Å². The summed E-state index contributed by atoms with van der Waals surface area (Å²) in [6.07, 6.45) is 4.40. The molecule has 4 nitrogen and oxygen atoms in total. The molecule has 1 fully saturated rings. The third-order valence-corrected chi connectivity index (χ3v) is 4.45. The van der Waals surface area contributed by atoms with Gasteiger partial charge in [0, 0.05) is 6.08 Å². The first-order chi connectivity index (χ1) is 9.84. The Morgan fingerprint density at radius 1 is 1.38 bits per heavy atom. The van der Waals surface area contributed by atoms with Gasteiger partial charge in [0.15, 0.2) is 0 Å². The van der Waals surface area contributed by atoms with Crippen LogP contribution >= 0.6 is 23.2 Å². The van der Waals surface area contributed by atoms with E-state index in [-0.39, 0.29) is 5.92 Å². The van der Waals surface area contributed by atoms with E-state index in [0.717, 1.165) is 12.8 Å². The van der Waals surface area contributed by atoms with E-state index in [1.165, 1.54) is 19.1 Å². The highest BCUT2D eigenvalue weighted by molar-refractivity contribution is 6.42. The van der Waals surface area contributed by atoms with E-state index in [1.54, 1.807) is 18.2 Å². The molecule has 1 aliphatic carbocycles. The molecule has 0 aliphatic heterocycles. The second kappa shape index (κ2) is 6.08. The van der Waals surface area contributed by atoms with Crippen molar-refractivity contribution < 1.29 is 14.7 Å². The van der Waals surface area contributed by atoms with Crippen LogP contribution in [0.2, 0.25) is 10.0 Å². The fourth-order valence-electron chi connectivity index (χ4n) is 2.10. The summed E-state index contributed by atoms with van der Waals surface area (Å²) in [5.74, 6) is -1.50. The standard InChI is InChI=1S/C15H15Cl2NO3/c1-15(14(20)21,10-6-7-10)18-12(19)8-5-9-3-2-4-11(16)13(9)17/h2-5,8,10H,6-7H2,1H3,(H,18,19)(H,20,21)/b8-5+. The molecular weight excluding hydrogens is 313 g/mol. The fourth-order valence-corrected chi connectivity index (χ4v) is 2.47. The number of hydrogen-bond donors (Lipinski definition) is 2. The summed E-state index contributed by atoms with van der Waals surface area (Å²) in [5, 5.41) is 12.6. The molecule has 1 aromatic carbocycles. The molecule has 0 heterocycles. The molecule has 1 aliphatic rings. The van der Waals surface area contributed by atoms with Gasteiger partial charge in [-0.3, -0.25) is 4.79 Å². The number of hydrogen-bond acceptors (Lipinski definition) is 2. The van der Waals surface area contributed by atoms with Crippen LogP contribution in [0.1, 0.15) is 25.3 Å². The normalized spacial score (nSPS) is 17.5. The number of benzene rings is 1. The van der Waals surface area contributed by atoms with Crippen molar-refractivity contribution in [3.63, 3.8) is 0 Å². The first-order valence-electron chi connectivity index (χ1n) is 6.52. The highest BCUT2D eigenvalue weighted by Crippen LogP contribution is 2.39. The van der Waals surface area contributed by atoms with E-state index in [1.807, 2.05) is 0 Å². The predicted molar refractivity (Wildman–Crippen MR) is 82.4 cm³/mol. The Morgan fingerprint density at radius 3 is 2.62 bits per heavy atom. The fraction of sp³-hybridized carbons (Fsp3) is 0.333. The zero-order valence-electron chi connectivity index (χ0n) is 11.4. The zero-order chi connectivity index (χ0) is 15.6. The van der Waals surface area contributed by atoms with Crippen molar-refractivity contribution in [3.8, 4) is 0 Å². The molecule has 1 unspecified atom stereocenters. The first-order valence-corrected chi connectivity index (χ1v) is 7.28. The van der Waals surface area contributed by atoms with Crippen LogP contribution in [0.25, 0.3) is 6.08 Å². The monoisotopic (exact) mass is 327 g/mol. The van der Waals surface area contributed by atoms with Crippen LogP contribution < -0.4 is 5.32 Å². The Bertz CT molecular complexity index is 611. The largest absolute Gasteiger partial charge is 0.480 e. The highest BCUT2D eigenvalue weighted by atomic mass is 35.5. The number of carbonyl (C=O) groups is 2. The van der Waals surface area contributed by atoms with Gasteiger partial charge in [0.25, 0.3) is 0 Å². The Hall–Kier alpha value is -1.52. The minimum absolute atomic E-state index is 0.0119. The van der Waals surface area contributed by atoms with Gasteiger partial charge < -0.3 is 10.4 Å². The topological polar surface area (TPSA) is 66.4 Å². The van der Waals surface area contributed by atoms with Crippen LogP contribution in [0.3, 0.4) is 0 Å². The SMILES string of the molecule is CC(NC(=O)/C=C/c1cccc(Cl)c1Cl)(C(=O)O)C1CC1. The zero-order valence-corrected chi connectivity index (χ0v) is 12.9. The minimum atomic E-state index is -1.22. The van der Waals surface area contributed by atoms with E-state index < -0.39 is 17.4 Å². The lowest BCUT2D eigenvalue weighted by Crippen LogP contribution is -2.53. The van der Waals surface area contributed by atoms with Crippen molar-refractivity contribution in [3.05, 3.63) is 39.9 Å². The lowest BCUT2D eigenvalue weighted by molar-refractivity contribution is -0.147. The number of nitrogens with one attached hydrogen (secondary N) is 1. The van der Waals surface area contributed by atoms with Gasteiger partial charge in [-0.05, 0) is 43.4 Å². The highest BCUT2D eigenvalue weighted by Gasteiger charge is 2.48. The Kier molecular flexibility index (Phi) is 4.59. The summed E-state index contributed by atoms with van der Waals surface area (Å²) in [7, 11) is 0. The lowest BCUT2D eigenvalue weighted by Gasteiger charge is -2.25. The van der Waals surface area contributed by atoms with E-state index in [4.69, 9.17) is 23.2 Å². The molecule has 2 N–H and O–H groups in total. The average Bonchev–Trinajstić information content (AvgIpc) is 3.25. The summed E-state index contributed by atoms with van der Waals surface area (Å²) in [5.41, 5.74) is -0.623. The molecule has 1 amide bonds. The average molecular weight is 328 g/mol. The third-order valence-electron chi connectivity index (χ3n) is 3.62. The number of amides is 1. The Morgan fingerprint density at radius 2 is 2.05 bits per heavy atom. The van der Waals surface area contributed by atoms with Crippen LogP contribution in [0.15, 0.2) is 24.3 Å². The molecule has 0 spiro atoms. The number of carboxylic acids is 1. The van der Waals surface area contributed by atoms with Crippen LogP contribution in [-0.4, -0.2) is 22.5 Å². The van der Waals surface area contributed by atoms with Crippen molar-refractivity contribution >= 4 is 41.2 Å². The molecule has 21 heavy (non-hydrogen) atoms. The summed E-state index contributed by atoms with van der Waals surface area (Å²) < 4.78 is 0. The van der Waals surface area contributed by atoms with E-state index >= 15 is 0 Å². The second-order valence-electron chi connectivity index (χ2n) is 5.25. The van der Waals surface area contributed by atoms with Gasteiger partial charge in [-0.2, -0.15) is 0 Å². The molecular formula is C15H15Cl2NO3. The molecule has 6 heteroatoms. The van der Waals surface area contributed by atoms with Gasteiger partial charge in [-0.15, -0.1) is 0 Å². The summed E-state index contributed by atoms with van der Waals surface area (Å²) >= 11 is 11.9. The quantitative estimate of drug-likeness (QED) is 0.815. The molecule has 0 radical (unpaired) electrons. The second-order valence-corrected chi connectivity index (χ2v) is 6.03. The van der Waals surface area contributed by atoms with Gasteiger partial charge in [-0.25, -0.2) is 4.79 Å². The predicted octanol–water partition coefficient (Wildman–Crippen LogP) is 3.38. The molecule has 0 aromatic heterocycles. The maximum Gasteiger partial charge on any atom is 0.329 e. The molecule has 112 valence electrons. The number of carboxylic acid groups (broad SMARTS) is 1. The number of halogens is 2. The van der Waals surface area contributed by atoms with Crippen molar-refractivity contribution in [1.29, 1.82) is 0 Å². The first kappa shape index (κ1) is 15.9. The lowest BCUT2D eigenvalue weighted by atomic mass is 9.96. The third kappa shape index (κ3) is 3.57. The Labute approximate surface area is 132 Å². The van der Waals surface area contributed by atoms with E-state index in [0.29, 0.717) is 15.6 Å². The van der Waals surface area contributed by atoms with Crippen LogP contribution in [0, 0.1) is 5.92 Å². The van der Waals surface area contributed by atoms with Gasteiger partial charge >= 0.3 is 5.97 Å². The molecule has 1 aromatic rings. The number of rotatable bonds is 5. The van der Waals surface area contributed by atoms with Crippen molar-refractivity contribution in [1.82, 2.24) is 5.32 Å². The van der Waals surface area contributed by atoms with E-state index in [2.05, 4.69) is 5.32 Å². The summed E-state index contributed by atoms with van der Waals surface area (Å²) in [4.78, 5) is 23.3. The van der Waals surface area contributed by atoms with Gasteiger partial charge in [-0.1, -0.05) is 35.3 Å². The maximum atomic E-state index is 11.9. The molecule has 0 bridgehead atoms. The molecule has 0 saturated heterocycles. The maximum absolute atomic E-state index is 11.9. The molecule has 1 atom stereocenters. The molecule has 2 rings (SSSR count). The van der Waals surface area contributed by atoms with Crippen LogP contribution in [0.4, 0.5) is 0 Å². The van der Waals surface area contributed by atoms with Crippen LogP contribution in [0.5, 0.6) is 0 Å². The summed E-state index contributed by atoms with van der Waals surface area (Å²) in [6.45, 7) is 1.53. The number of carbonyl (C=O) groups excluding carboxylic acids is 1. The van der Waals surface area contributed by atoms with Crippen LogP contribution in [-0.2, 0) is 9.59 Å². The van der Waals surface area contributed by atoms with Gasteiger partial charge in [0.2, 0.25) is 5.91 Å². The van der Waals surface area contributed by atoms with Crippen molar-refractivity contribution in [2.45, 2.75) is 25.3 Å². The van der Waals surface area contributed by atoms with Crippen molar-refractivity contribution in [2.75, 3.05) is 0 Å². The Balaban J connectivity index is 2.09. The molecule has 1 saturated carbocycles. The van der Waals surface area contributed by atoms with E-state index in [9.17, 15) is 14.7 Å². The summed E-state index contributed by atoms with van der Waals surface area (Å²) in [6, 6.07) is 5.09. The van der Waals surface area contributed by atoms with Gasteiger partial charge in [0.05, 0.1) is 10.0 Å². The number of aliphatic carboxylic acids is 1. The smallest absolute Gasteiger partial charge is 0.329 e. The minimum Gasteiger partial charge on any atom is -0.480 e.